The van der Waals surface area contributed by atoms with Gasteiger partial charge < -0.3 is 20.3 Å². The molecule has 0 bridgehead atoms. The summed E-state index contributed by atoms with van der Waals surface area (Å²) in [5.41, 5.74) is -0.265. The highest BCUT2D eigenvalue weighted by molar-refractivity contribution is 4.85. The smallest absolute Gasteiger partial charge is 0.0898 e. The first-order valence-corrected chi connectivity index (χ1v) is 8.22. The molecular formula is C16H33NO3. The Kier molecular flexibility index (Phi) is 8.03. The molecule has 0 amide bonds. The van der Waals surface area contributed by atoms with Gasteiger partial charge in [-0.25, -0.2) is 0 Å². The van der Waals surface area contributed by atoms with E-state index < -0.39 is 6.10 Å². The summed E-state index contributed by atoms with van der Waals surface area (Å²) in [6.45, 7) is 7.31. The molecule has 1 aliphatic carbocycles. The summed E-state index contributed by atoms with van der Waals surface area (Å²) in [5.74, 6) is 0.603. The van der Waals surface area contributed by atoms with Crippen LogP contribution < -0.4 is 5.32 Å². The molecule has 0 heterocycles. The first-order valence-electron chi connectivity index (χ1n) is 8.22. The van der Waals surface area contributed by atoms with Gasteiger partial charge in [-0.05, 0) is 31.6 Å². The maximum atomic E-state index is 10.0. The molecule has 0 aromatic carbocycles. The fourth-order valence-corrected chi connectivity index (χ4v) is 2.94. The number of rotatable bonds is 9. The van der Waals surface area contributed by atoms with Crippen LogP contribution in [0.3, 0.4) is 0 Å². The highest BCUT2D eigenvalue weighted by atomic mass is 16.5. The minimum Gasteiger partial charge on any atom is -0.394 e. The fraction of sp³-hybridized carbons (Fsp3) is 1.00. The van der Waals surface area contributed by atoms with Crippen LogP contribution in [0.4, 0.5) is 0 Å². The number of hydrogen-bond acceptors (Lipinski definition) is 4. The topological polar surface area (TPSA) is 61.7 Å². The van der Waals surface area contributed by atoms with Crippen LogP contribution in [-0.4, -0.2) is 47.7 Å². The molecule has 0 saturated heterocycles. The summed E-state index contributed by atoms with van der Waals surface area (Å²) < 4.78 is 5.87. The molecule has 4 heteroatoms. The molecule has 1 fully saturated rings. The summed E-state index contributed by atoms with van der Waals surface area (Å²) in [5, 5.41) is 22.8. The van der Waals surface area contributed by atoms with Gasteiger partial charge in [-0.2, -0.15) is 0 Å². The van der Waals surface area contributed by atoms with Gasteiger partial charge in [0.05, 0.1) is 25.4 Å². The van der Waals surface area contributed by atoms with Crippen molar-refractivity contribution in [2.75, 3.05) is 19.8 Å². The van der Waals surface area contributed by atoms with Crippen LogP contribution in [0.25, 0.3) is 0 Å². The van der Waals surface area contributed by atoms with Crippen LogP contribution in [-0.2, 0) is 4.74 Å². The van der Waals surface area contributed by atoms with Crippen molar-refractivity contribution in [2.45, 2.75) is 77.0 Å². The average Bonchev–Trinajstić information content (AvgIpc) is 2.48. The Labute approximate surface area is 123 Å². The van der Waals surface area contributed by atoms with Gasteiger partial charge in [0.1, 0.15) is 0 Å². The lowest BCUT2D eigenvalue weighted by Crippen LogP contribution is -2.51. The lowest BCUT2D eigenvalue weighted by Gasteiger charge is -2.33. The summed E-state index contributed by atoms with van der Waals surface area (Å²) in [6, 6.07) is 0. The zero-order chi connectivity index (χ0) is 15.0. The Bertz CT molecular complexity index is 248. The maximum Gasteiger partial charge on any atom is 0.0898 e. The SMILES string of the molecule is CCC(CC)(CO)NCC(O)COC1CCCCC1C. The zero-order valence-electron chi connectivity index (χ0n) is 13.4. The van der Waals surface area contributed by atoms with Crippen molar-refractivity contribution in [2.24, 2.45) is 5.92 Å². The van der Waals surface area contributed by atoms with Crippen molar-refractivity contribution in [1.29, 1.82) is 0 Å². The number of β-amino-alcohol motifs (C(OH)–C–C–N with tert-alkyl or cyclic N) is 1. The predicted molar refractivity (Wildman–Crippen MR) is 81.8 cm³/mol. The van der Waals surface area contributed by atoms with Crippen LogP contribution in [0.15, 0.2) is 0 Å². The van der Waals surface area contributed by atoms with Crippen molar-refractivity contribution in [1.82, 2.24) is 5.32 Å². The van der Waals surface area contributed by atoms with Crippen molar-refractivity contribution >= 4 is 0 Å². The van der Waals surface area contributed by atoms with Crippen LogP contribution >= 0.6 is 0 Å². The molecule has 3 N–H and O–H groups in total. The largest absolute Gasteiger partial charge is 0.394 e. The van der Waals surface area contributed by atoms with Gasteiger partial charge in [0.25, 0.3) is 0 Å². The molecular weight excluding hydrogens is 254 g/mol. The van der Waals surface area contributed by atoms with Gasteiger partial charge >= 0.3 is 0 Å². The number of ether oxygens (including phenoxy) is 1. The molecule has 0 radical (unpaired) electrons. The molecule has 3 unspecified atom stereocenters. The Morgan fingerprint density at radius 3 is 2.45 bits per heavy atom. The summed E-state index contributed by atoms with van der Waals surface area (Å²) in [4.78, 5) is 0. The standard InChI is InChI=1S/C16H33NO3/c1-4-16(5-2,12-18)17-10-14(19)11-20-15-9-7-6-8-13(15)3/h13-15,17-19H,4-12H2,1-3H3. The molecule has 120 valence electrons. The number of nitrogens with one attached hydrogen (secondary N) is 1. The molecule has 1 rings (SSSR count). The second-order valence-electron chi connectivity index (χ2n) is 6.31. The molecule has 0 aromatic heterocycles. The Morgan fingerprint density at radius 1 is 1.25 bits per heavy atom. The van der Waals surface area contributed by atoms with E-state index in [0.717, 1.165) is 19.3 Å². The second-order valence-corrected chi connectivity index (χ2v) is 6.31. The summed E-state index contributed by atoms with van der Waals surface area (Å²) in [7, 11) is 0. The number of aliphatic hydroxyl groups is 2. The lowest BCUT2D eigenvalue weighted by molar-refractivity contribution is -0.0474. The number of aliphatic hydroxyl groups excluding tert-OH is 2. The van der Waals surface area contributed by atoms with Gasteiger partial charge in [0, 0.05) is 12.1 Å². The number of hydrogen-bond donors (Lipinski definition) is 3. The third-order valence-electron chi connectivity index (χ3n) is 4.90. The van der Waals surface area contributed by atoms with Gasteiger partial charge in [0.15, 0.2) is 0 Å². The molecule has 1 aliphatic rings. The van der Waals surface area contributed by atoms with Crippen molar-refractivity contribution < 1.29 is 14.9 Å². The Balaban J connectivity index is 2.27. The molecule has 20 heavy (non-hydrogen) atoms. The third-order valence-corrected chi connectivity index (χ3v) is 4.90. The van der Waals surface area contributed by atoms with Crippen LogP contribution in [0.1, 0.15) is 59.3 Å². The molecule has 0 aliphatic heterocycles. The molecule has 0 spiro atoms. The van der Waals surface area contributed by atoms with E-state index in [1.165, 1.54) is 19.3 Å². The lowest BCUT2D eigenvalue weighted by atomic mass is 9.88. The predicted octanol–water partition coefficient (Wildman–Crippen LogP) is 2.08. The van der Waals surface area contributed by atoms with E-state index in [-0.39, 0.29) is 12.1 Å². The minimum atomic E-state index is -0.506. The van der Waals surface area contributed by atoms with Crippen LogP contribution in [0.2, 0.25) is 0 Å². The minimum absolute atomic E-state index is 0.104. The Hall–Kier alpha value is -0.160. The molecule has 4 nitrogen and oxygen atoms in total. The van der Waals surface area contributed by atoms with Crippen LogP contribution in [0.5, 0.6) is 0 Å². The fourth-order valence-electron chi connectivity index (χ4n) is 2.94. The van der Waals surface area contributed by atoms with Crippen molar-refractivity contribution in [3.8, 4) is 0 Å². The van der Waals surface area contributed by atoms with Gasteiger partial charge in [-0.3, -0.25) is 0 Å². The van der Waals surface area contributed by atoms with Gasteiger partial charge in [0.2, 0.25) is 0 Å². The first-order chi connectivity index (χ1) is 9.56. The Morgan fingerprint density at radius 2 is 1.90 bits per heavy atom. The average molecular weight is 287 g/mol. The summed E-state index contributed by atoms with van der Waals surface area (Å²) in [6.07, 6.45) is 6.40. The summed E-state index contributed by atoms with van der Waals surface area (Å²) >= 11 is 0. The molecule has 1 saturated carbocycles. The van der Waals surface area contributed by atoms with E-state index in [1.54, 1.807) is 0 Å². The first kappa shape index (κ1) is 17.9. The molecule has 0 aromatic rings. The highest BCUT2D eigenvalue weighted by Gasteiger charge is 2.26. The van der Waals surface area contributed by atoms with E-state index in [9.17, 15) is 10.2 Å². The van der Waals surface area contributed by atoms with E-state index in [0.29, 0.717) is 25.2 Å². The zero-order valence-corrected chi connectivity index (χ0v) is 13.4. The maximum absolute atomic E-state index is 10.0. The van der Waals surface area contributed by atoms with Crippen molar-refractivity contribution in [3.63, 3.8) is 0 Å². The van der Waals surface area contributed by atoms with E-state index >= 15 is 0 Å². The van der Waals surface area contributed by atoms with Gasteiger partial charge in [-0.15, -0.1) is 0 Å². The van der Waals surface area contributed by atoms with E-state index in [1.807, 2.05) is 0 Å². The normalized spacial score (nSPS) is 25.6. The third kappa shape index (κ3) is 5.32. The van der Waals surface area contributed by atoms with Crippen molar-refractivity contribution in [3.05, 3.63) is 0 Å². The second kappa shape index (κ2) is 8.98. The highest BCUT2D eigenvalue weighted by Crippen LogP contribution is 2.26. The van der Waals surface area contributed by atoms with Crippen LogP contribution in [0, 0.1) is 5.92 Å². The quantitative estimate of drug-likeness (QED) is 0.607. The van der Waals surface area contributed by atoms with Gasteiger partial charge in [-0.1, -0.05) is 33.6 Å². The van der Waals surface area contributed by atoms with E-state index in [4.69, 9.17) is 4.74 Å². The van der Waals surface area contributed by atoms with E-state index in [2.05, 4.69) is 26.1 Å². The monoisotopic (exact) mass is 287 g/mol. The molecule has 3 atom stereocenters.